The Bertz CT molecular complexity index is 477. The standard InChI is InChI=1S/C13H10O.C3H6O2/c14-13(11-7-3-1-4-8-11)12-9-5-2-6-10-12;1-2-3(4)5/h1-10H;2H2,1H3,(H,4,5). The van der Waals surface area contributed by atoms with Gasteiger partial charge < -0.3 is 5.11 Å². The number of hydrogen-bond donors (Lipinski definition) is 1. The third-order valence-corrected chi connectivity index (χ3v) is 2.37. The molecule has 1 N–H and O–H groups in total. The molecular weight excluding hydrogens is 240 g/mol. The molecule has 0 aromatic heterocycles. The van der Waals surface area contributed by atoms with Gasteiger partial charge in [-0.05, 0) is 0 Å². The van der Waals surface area contributed by atoms with Gasteiger partial charge in [0, 0.05) is 17.5 Å². The Labute approximate surface area is 112 Å². The summed E-state index contributed by atoms with van der Waals surface area (Å²) in [5.74, 6) is -0.670. The number of carbonyl (C=O) groups is 2. The first-order valence-corrected chi connectivity index (χ1v) is 6.01. The molecule has 3 heteroatoms. The fourth-order valence-corrected chi connectivity index (χ4v) is 1.35. The summed E-state index contributed by atoms with van der Waals surface area (Å²) in [4.78, 5) is 21.2. The van der Waals surface area contributed by atoms with E-state index in [0.717, 1.165) is 11.1 Å². The second-order valence-corrected chi connectivity index (χ2v) is 3.81. The number of ketones is 1. The van der Waals surface area contributed by atoms with Gasteiger partial charge in [-0.1, -0.05) is 67.6 Å². The highest BCUT2D eigenvalue weighted by atomic mass is 16.4. The second kappa shape index (κ2) is 7.82. The lowest BCUT2D eigenvalue weighted by Gasteiger charge is -1.99. The van der Waals surface area contributed by atoms with Crippen molar-refractivity contribution in [2.75, 3.05) is 0 Å². The highest BCUT2D eigenvalue weighted by Gasteiger charge is 2.06. The summed E-state index contributed by atoms with van der Waals surface area (Å²) in [6.45, 7) is 1.60. The topological polar surface area (TPSA) is 54.4 Å². The summed E-state index contributed by atoms with van der Waals surface area (Å²) in [6, 6.07) is 18.6. The van der Waals surface area contributed by atoms with Crippen molar-refractivity contribution in [1.29, 1.82) is 0 Å². The van der Waals surface area contributed by atoms with Gasteiger partial charge in [0.1, 0.15) is 0 Å². The number of aliphatic carboxylic acids is 1. The highest BCUT2D eigenvalue weighted by molar-refractivity contribution is 6.08. The van der Waals surface area contributed by atoms with Crippen molar-refractivity contribution in [3.05, 3.63) is 71.8 Å². The van der Waals surface area contributed by atoms with E-state index in [1.54, 1.807) is 6.92 Å². The van der Waals surface area contributed by atoms with E-state index in [9.17, 15) is 9.59 Å². The Hall–Kier alpha value is -2.42. The molecule has 3 nitrogen and oxygen atoms in total. The van der Waals surface area contributed by atoms with Crippen molar-refractivity contribution >= 4 is 11.8 Å². The van der Waals surface area contributed by atoms with Crippen molar-refractivity contribution < 1.29 is 14.7 Å². The average molecular weight is 256 g/mol. The van der Waals surface area contributed by atoms with Gasteiger partial charge in [-0.15, -0.1) is 0 Å². The number of carboxylic acid groups (broad SMARTS) is 1. The molecule has 0 unspecified atom stereocenters. The molecule has 0 heterocycles. The Kier molecular flexibility index (Phi) is 6.03. The summed E-state index contributed by atoms with van der Waals surface area (Å²) in [5, 5.41) is 7.72. The van der Waals surface area contributed by atoms with Crippen LogP contribution in [-0.2, 0) is 4.79 Å². The largest absolute Gasteiger partial charge is 0.481 e. The Morgan fingerprint density at radius 1 is 0.842 bits per heavy atom. The van der Waals surface area contributed by atoms with Crippen LogP contribution in [0.15, 0.2) is 60.7 Å². The molecule has 2 aromatic carbocycles. The first kappa shape index (κ1) is 14.6. The monoisotopic (exact) mass is 256 g/mol. The SMILES string of the molecule is CCC(=O)O.O=C(c1ccccc1)c1ccccc1. The van der Waals surface area contributed by atoms with Crippen LogP contribution in [-0.4, -0.2) is 16.9 Å². The number of rotatable bonds is 3. The van der Waals surface area contributed by atoms with Gasteiger partial charge >= 0.3 is 5.97 Å². The van der Waals surface area contributed by atoms with E-state index in [1.165, 1.54) is 0 Å². The minimum Gasteiger partial charge on any atom is -0.481 e. The van der Waals surface area contributed by atoms with Crippen LogP contribution in [0.25, 0.3) is 0 Å². The minimum absolute atomic E-state index is 0.0752. The molecule has 98 valence electrons. The summed E-state index contributed by atoms with van der Waals surface area (Å²) in [5.41, 5.74) is 1.47. The van der Waals surface area contributed by atoms with Gasteiger partial charge in [-0.3, -0.25) is 9.59 Å². The van der Waals surface area contributed by atoms with Gasteiger partial charge in [0.05, 0.1) is 0 Å². The second-order valence-electron chi connectivity index (χ2n) is 3.81. The van der Waals surface area contributed by atoms with Crippen molar-refractivity contribution in [3.8, 4) is 0 Å². The van der Waals surface area contributed by atoms with Crippen molar-refractivity contribution in [3.63, 3.8) is 0 Å². The lowest BCUT2D eigenvalue weighted by Crippen LogP contribution is -1.99. The van der Waals surface area contributed by atoms with Crippen LogP contribution in [0.4, 0.5) is 0 Å². The molecule has 2 aromatic rings. The lowest BCUT2D eigenvalue weighted by molar-refractivity contribution is -0.136. The molecular formula is C16H16O3. The smallest absolute Gasteiger partial charge is 0.303 e. The molecule has 0 aliphatic carbocycles. The molecule has 0 atom stereocenters. The summed E-state index contributed by atoms with van der Waals surface area (Å²) >= 11 is 0. The third kappa shape index (κ3) is 5.17. The number of benzene rings is 2. The zero-order chi connectivity index (χ0) is 14.1. The van der Waals surface area contributed by atoms with Crippen LogP contribution < -0.4 is 0 Å². The van der Waals surface area contributed by atoms with Gasteiger partial charge in [0.25, 0.3) is 0 Å². The fraction of sp³-hybridized carbons (Fsp3) is 0.125. The molecule has 2 rings (SSSR count). The predicted molar refractivity (Wildman–Crippen MR) is 74.2 cm³/mol. The van der Waals surface area contributed by atoms with Crippen LogP contribution >= 0.6 is 0 Å². The molecule has 0 bridgehead atoms. The molecule has 0 aliphatic heterocycles. The summed E-state index contributed by atoms with van der Waals surface area (Å²) < 4.78 is 0. The fourth-order valence-electron chi connectivity index (χ4n) is 1.35. The van der Waals surface area contributed by atoms with Crippen molar-refractivity contribution in [2.45, 2.75) is 13.3 Å². The maximum atomic E-state index is 11.8. The van der Waals surface area contributed by atoms with E-state index in [2.05, 4.69) is 0 Å². The first-order valence-electron chi connectivity index (χ1n) is 6.01. The minimum atomic E-state index is -0.745. The highest BCUT2D eigenvalue weighted by Crippen LogP contribution is 2.08. The maximum absolute atomic E-state index is 11.8. The number of carboxylic acids is 1. The van der Waals surface area contributed by atoms with Crippen molar-refractivity contribution in [2.24, 2.45) is 0 Å². The van der Waals surface area contributed by atoms with E-state index in [0.29, 0.717) is 0 Å². The molecule has 0 saturated heterocycles. The third-order valence-electron chi connectivity index (χ3n) is 2.37. The molecule has 0 amide bonds. The zero-order valence-corrected chi connectivity index (χ0v) is 10.7. The zero-order valence-electron chi connectivity index (χ0n) is 10.7. The van der Waals surface area contributed by atoms with Crippen LogP contribution in [0.1, 0.15) is 29.3 Å². The van der Waals surface area contributed by atoms with Crippen LogP contribution in [0.3, 0.4) is 0 Å². The molecule has 0 radical (unpaired) electrons. The van der Waals surface area contributed by atoms with E-state index in [-0.39, 0.29) is 12.2 Å². The summed E-state index contributed by atoms with van der Waals surface area (Å²) in [7, 11) is 0. The number of hydrogen-bond acceptors (Lipinski definition) is 2. The molecule has 0 fully saturated rings. The maximum Gasteiger partial charge on any atom is 0.303 e. The van der Waals surface area contributed by atoms with Gasteiger partial charge in [0.2, 0.25) is 0 Å². The summed E-state index contributed by atoms with van der Waals surface area (Å²) in [6.07, 6.45) is 0.222. The molecule has 0 spiro atoms. The molecule has 19 heavy (non-hydrogen) atoms. The van der Waals surface area contributed by atoms with Gasteiger partial charge in [-0.25, -0.2) is 0 Å². The first-order chi connectivity index (χ1) is 9.15. The lowest BCUT2D eigenvalue weighted by atomic mass is 10.0. The van der Waals surface area contributed by atoms with E-state index in [1.807, 2.05) is 60.7 Å². The van der Waals surface area contributed by atoms with Crippen LogP contribution in [0.5, 0.6) is 0 Å². The normalized spacial score (nSPS) is 9.11. The number of carbonyl (C=O) groups excluding carboxylic acids is 1. The van der Waals surface area contributed by atoms with E-state index in [4.69, 9.17) is 5.11 Å². The predicted octanol–water partition coefficient (Wildman–Crippen LogP) is 3.40. The molecule has 0 aliphatic rings. The van der Waals surface area contributed by atoms with Gasteiger partial charge in [-0.2, -0.15) is 0 Å². The van der Waals surface area contributed by atoms with E-state index < -0.39 is 5.97 Å². The van der Waals surface area contributed by atoms with Crippen LogP contribution in [0.2, 0.25) is 0 Å². The molecule has 0 saturated carbocycles. The Balaban J connectivity index is 0.000000312. The quantitative estimate of drug-likeness (QED) is 0.856. The van der Waals surface area contributed by atoms with Crippen LogP contribution in [0, 0.1) is 0 Å². The average Bonchev–Trinajstić information content (AvgIpc) is 2.49. The van der Waals surface area contributed by atoms with E-state index >= 15 is 0 Å². The Morgan fingerprint density at radius 3 is 1.42 bits per heavy atom. The van der Waals surface area contributed by atoms with Crippen molar-refractivity contribution in [1.82, 2.24) is 0 Å². The Morgan fingerprint density at radius 2 is 1.16 bits per heavy atom. The van der Waals surface area contributed by atoms with Gasteiger partial charge in [0.15, 0.2) is 5.78 Å².